The number of ether oxygens (including phenoxy) is 1. The summed E-state index contributed by atoms with van der Waals surface area (Å²) >= 11 is 0. The highest BCUT2D eigenvalue weighted by Crippen LogP contribution is 2.38. The van der Waals surface area contributed by atoms with Crippen molar-refractivity contribution in [3.63, 3.8) is 0 Å². The first kappa shape index (κ1) is 22.4. The van der Waals surface area contributed by atoms with E-state index in [4.69, 9.17) is 14.6 Å². The van der Waals surface area contributed by atoms with Crippen LogP contribution >= 0.6 is 0 Å². The molecule has 2 N–H and O–H groups in total. The summed E-state index contributed by atoms with van der Waals surface area (Å²) in [6, 6.07) is 0. The molecular formula is C16H27F3N2O5S. The SMILES string of the molecule is CS(=O)(=O)NC[C@@H]1CCC[C@]2(CCN(CC3CC3)C2)O1.O=C(O)C(F)(F)F. The molecule has 27 heavy (non-hydrogen) atoms. The molecule has 2 aliphatic heterocycles. The smallest absolute Gasteiger partial charge is 0.475 e. The highest BCUT2D eigenvalue weighted by molar-refractivity contribution is 7.88. The van der Waals surface area contributed by atoms with Gasteiger partial charge in [0.25, 0.3) is 0 Å². The van der Waals surface area contributed by atoms with Crippen molar-refractivity contribution in [2.75, 3.05) is 32.4 Å². The van der Waals surface area contributed by atoms with Crippen molar-refractivity contribution in [1.29, 1.82) is 0 Å². The van der Waals surface area contributed by atoms with E-state index in [2.05, 4.69) is 9.62 Å². The van der Waals surface area contributed by atoms with Gasteiger partial charge in [0.15, 0.2) is 0 Å². The molecule has 7 nitrogen and oxygen atoms in total. The molecule has 3 rings (SSSR count). The Kier molecular flexibility index (Phi) is 7.15. The Morgan fingerprint density at radius 1 is 1.30 bits per heavy atom. The number of halogens is 3. The minimum absolute atomic E-state index is 0.00299. The standard InChI is InChI=1S/C14H26N2O3S.C2HF3O2/c1-20(17,18)15-9-13-3-2-6-14(19-13)7-8-16(11-14)10-12-4-5-12;3-2(4,5)1(6)7/h12-13,15H,2-11H2,1H3;(H,6,7)/t13-,14+;/m0./s1. The van der Waals surface area contributed by atoms with E-state index in [9.17, 15) is 21.6 Å². The summed E-state index contributed by atoms with van der Waals surface area (Å²) < 4.78 is 63.0. The van der Waals surface area contributed by atoms with Gasteiger partial charge in [0.1, 0.15) is 0 Å². The van der Waals surface area contributed by atoms with Gasteiger partial charge in [-0.15, -0.1) is 0 Å². The summed E-state index contributed by atoms with van der Waals surface area (Å²) in [5, 5.41) is 7.12. The number of alkyl halides is 3. The van der Waals surface area contributed by atoms with Crippen molar-refractivity contribution >= 4 is 16.0 Å². The van der Waals surface area contributed by atoms with Gasteiger partial charge in [0, 0.05) is 26.2 Å². The first-order valence-corrected chi connectivity index (χ1v) is 10.9. The second-order valence-electron chi connectivity index (χ2n) is 7.67. The largest absolute Gasteiger partial charge is 0.490 e. The molecule has 1 spiro atoms. The number of carboxylic acid groups (broad SMARTS) is 1. The van der Waals surface area contributed by atoms with Crippen LogP contribution in [0.2, 0.25) is 0 Å². The quantitative estimate of drug-likeness (QED) is 0.707. The fraction of sp³-hybridized carbons (Fsp3) is 0.938. The van der Waals surface area contributed by atoms with Crippen LogP contribution in [0.25, 0.3) is 0 Å². The fourth-order valence-electron chi connectivity index (χ4n) is 3.56. The van der Waals surface area contributed by atoms with E-state index in [0.29, 0.717) is 6.54 Å². The van der Waals surface area contributed by atoms with Crippen molar-refractivity contribution in [1.82, 2.24) is 9.62 Å². The van der Waals surface area contributed by atoms with Gasteiger partial charge in [0.05, 0.1) is 18.0 Å². The highest BCUT2D eigenvalue weighted by atomic mass is 32.2. The second kappa shape index (κ2) is 8.62. The lowest BCUT2D eigenvalue weighted by molar-refractivity contribution is -0.192. The summed E-state index contributed by atoms with van der Waals surface area (Å²) in [5.41, 5.74) is -0.00299. The molecule has 1 saturated carbocycles. The molecule has 0 bridgehead atoms. The Morgan fingerprint density at radius 3 is 2.44 bits per heavy atom. The van der Waals surface area contributed by atoms with Crippen LogP contribution in [0, 0.1) is 5.92 Å². The predicted molar refractivity (Wildman–Crippen MR) is 91.8 cm³/mol. The van der Waals surface area contributed by atoms with E-state index >= 15 is 0 Å². The lowest BCUT2D eigenvalue weighted by Gasteiger charge is -2.38. The van der Waals surface area contributed by atoms with Gasteiger partial charge >= 0.3 is 12.1 Å². The third-order valence-electron chi connectivity index (χ3n) is 5.00. The number of rotatable bonds is 5. The molecule has 0 amide bonds. The Labute approximate surface area is 157 Å². The van der Waals surface area contributed by atoms with Crippen molar-refractivity contribution < 1.29 is 36.2 Å². The van der Waals surface area contributed by atoms with Crippen LogP contribution < -0.4 is 4.72 Å². The Morgan fingerprint density at radius 2 is 1.93 bits per heavy atom. The van der Waals surface area contributed by atoms with Gasteiger partial charge in [-0.1, -0.05) is 0 Å². The van der Waals surface area contributed by atoms with Gasteiger partial charge in [-0.05, 0) is 44.4 Å². The molecule has 11 heteroatoms. The third kappa shape index (κ3) is 7.92. The maximum atomic E-state index is 11.2. The molecule has 3 aliphatic rings. The second-order valence-corrected chi connectivity index (χ2v) is 9.50. The molecule has 3 fully saturated rings. The minimum Gasteiger partial charge on any atom is -0.475 e. The normalized spacial score (nSPS) is 29.4. The van der Waals surface area contributed by atoms with E-state index < -0.39 is 22.2 Å². The molecular weight excluding hydrogens is 389 g/mol. The average molecular weight is 416 g/mol. The highest BCUT2D eigenvalue weighted by Gasteiger charge is 2.43. The van der Waals surface area contributed by atoms with Crippen molar-refractivity contribution in [2.24, 2.45) is 5.92 Å². The summed E-state index contributed by atoms with van der Waals surface area (Å²) in [6.45, 7) is 3.84. The molecule has 0 unspecified atom stereocenters. The van der Waals surface area contributed by atoms with Crippen LogP contribution in [0.5, 0.6) is 0 Å². The minimum atomic E-state index is -5.08. The molecule has 0 aromatic rings. The summed E-state index contributed by atoms with van der Waals surface area (Å²) in [4.78, 5) is 11.4. The monoisotopic (exact) mass is 416 g/mol. The maximum absolute atomic E-state index is 11.2. The van der Waals surface area contributed by atoms with Gasteiger partial charge in [-0.25, -0.2) is 17.9 Å². The Bertz CT molecular complexity index is 624. The summed E-state index contributed by atoms with van der Waals surface area (Å²) in [6.07, 6.45) is 3.30. The zero-order valence-corrected chi connectivity index (χ0v) is 16.1. The molecule has 0 aromatic carbocycles. The Balaban J connectivity index is 0.000000321. The van der Waals surface area contributed by atoms with E-state index in [0.717, 1.165) is 44.7 Å². The molecule has 2 heterocycles. The first-order chi connectivity index (χ1) is 12.4. The molecule has 0 radical (unpaired) electrons. The van der Waals surface area contributed by atoms with Crippen molar-refractivity contribution in [2.45, 2.75) is 56.4 Å². The number of sulfonamides is 1. The van der Waals surface area contributed by atoms with Crippen LogP contribution in [0.15, 0.2) is 0 Å². The Hall–Kier alpha value is -0.910. The number of hydrogen-bond acceptors (Lipinski definition) is 5. The third-order valence-corrected chi connectivity index (χ3v) is 5.69. The van der Waals surface area contributed by atoms with Crippen LogP contribution in [-0.4, -0.2) is 74.7 Å². The van der Waals surface area contributed by atoms with E-state index in [1.54, 1.807) is 0 Å². The van der Waals surface area contributed by atoms with E-state index in [-0.39, 0.29) is 11.7 Å². The number of nitrogens with one attached hydrogen (secondary N) is 1. The number of carboxylic acids is 1. The fourth-order valence-corrected chi connectivity index (χ4v) is 4.05. The summed E-state index contributed by atoms with van der Waals surface area (Å²) in [5.74, 6) is -1.83. The molecule has 0 aromatic heterocycles. The maximum Gasteiger partial charge on any atom is 0.490 e. The molecule has 2 atom stereocenters. The predicted octanol–water partition coefficient (Wildman–Crippen LogP) is 1.59. The van der Waals surface area contributed by atoms with Crippen molar-refractivity contribution in [3.05, 3.63) is 0 Å². The zero-order chi connectivity index (χ0) is 20.3. The number of carbonyl (C=O) groups is 1. The van der Waals surface area contributed by atoms with Gasteiger partial charge in [0.2, 0.25) is 10.0 Å². The van der Waals surface area contributed by atoms with Crippen LogP contribution in [0.4, 0.5) is 13.2 Å². The van der Waals surface area contributed by atoms with Gasteiger partial charge in [-0.2, -0.15) is 13.2 Å². The van der Waals surface area contributed by atoms with E-state index in [1.165, 1.54) is 25.6 Å². The van der Waals surface area contributed by atoms with Crippen LogP contribution in [0.3, 0.4) is 0 Å². The number of likely N-dealkylation sites (tertiary alicyclic amines) is 1. The van der Waals surface area contributed by atoms with Crippen LogP contribution in [-0.2, 0) is 19.6 Å². The molecule has 2 saturated heterocycles. The van der Waals surface area contributed by atoms with E-state index in [1.807, 2.05) is 0 Å². The topological polar surface area (TPSA) is 95.9 Å². The van der Waals surface area contributed by atoms with Crippen molar-refractivity contribution in [3.8, 4) is 0 Å². The number of nitrogens with zero attached hydrogens (tertiary/aromatic N) is 1. The van der Waals surface area contributed by atoms with Crippen LogP contribution in [0.1, 0.15) is 38.5 Å². The average Bonchev–Trinajstić information content (AvgIpc) is 3.27. The molecule has 1 aliphatic carbocycles. The first-order valence-electron chi connectivity index (χ1n) is 9.03. The number of hydrogen-bond donors (Lipinski definition) is 2. The van der Waals surface area contributed by atoms with Gasteiger partial charge in [-0.3, -0.25) is 0 Å². The van der Waals surface area contributed by atoms with Gasteiger partial charge < -0.3 is 14.7 Å². The zero-order valence-electron chi connectivity index (χ0n) is 15.3. The lowest BCUT2D eigenvalue weighted by atomic mass is 9.90. The summed E-state index contributed by atoms with van der Waals surface area (Å²) in [7, 11) is -3.12. The number of aliphatic carboxylic acids is 1. The lowest BCUT2D eigenvalue weighted by Crippen LogP contribution is -2.46. The molecule has 158 valence electrons.